The van der Waals surface area contributed by atoms with Crippen LogP contribution in [0, 0.1) is 17.6 Å². The highest BCUT2D eigenvalue weighted by molar-refractivity contribution is 5.20. The van der Waals surface area contributed by atoms with Gasteiger partial charge in [0.05, 0.1) is 0 Å². The van der Waals surface area contributed by atoms with Crippen LogP contribution >= 0.6 is 0 Å². The summed E-state index contributed by atoms with van der Waals surface area (Å²) in [4.78, 5) is 0. The minimum Gasteiger partial charge on any atom is -0.314 e. The molecule has 1 N–H and O–H groups in total. The molecule has 0 amide bonds. The Labute approximate surface area is 108 Å². The predicted molar refractivity (Wildman–Crippen MR) is 69.5 cm³/mol. The quantitative estimate of drug-likeness (QED) is 0.781. The predicted octanol–water partition coefficient (Wildman–Crippen LogP) is 3.68. The number of benzene rings is 1. The minimum absolute atomic E-state index is 0.198. The fourth-order valence-electron chi connectivity index (χ4n) is 2.32. The Bertz CT molecular complexity index is 368. The zero-order valence-corrected chi connectivity index (χ0v) is 10.9. The van der Waals surface area contributed by atoms with E-state index >= 15 is 0 Å². The first-order valence-corrected chi connectivity index (χ1v) is 6.87. The van der Waals surface area contributed by atoms with Crippen molar-refractivity contribution in [2.24, 2.45) is 5.92 Å². The van der Waals surface area contributed by atoms with Crippen LogP contribution in [0.3, 0.4) is 0 Å². The van der Waals surface area contributed by atoms with Gasteiger partial charge in [0.2, 0.25) is 0 Å². The Morgan fingerprint density at radius 1 is 1.28 bits per heavy atom. The molecule has 100 valence electrons. The van der Waals surface area contributed by atoms with Crippen LogP contribution in [0.4, 0.5) is 8.78 Å². The second-order valence-electron chi connectivity index (χ2n) is 5.23. The second-order valence-corrected chi connectivity index (χ2v) is 5.23. The van der Waals surface area contributed by atoms with Crippen LogP contribution in [0.15, 0.2) is 18.2 Å². The maximum Gasteiger partial charge on any atom is 0.129 e. The van der Waals surface area contributed by atoms with Crippen LogP contribution in [0.2, 0.25) is 0 Å². The van der Waals surface area contributed by atoms with E-state index in [-0.39, 0.29) is 11.6 Å². The first kappa shape index (κ1) is 13.5. The summed E-state index contributed by atoms with van der Waals surface area (Å²) in [6.07, 6.45) is 5.07. The molecular weight excluding hydrogens is 232 g/mol. The third-order valence-electron chi connectivity index (χ3n) is 3.51. The summed E-state index contributed by atoms with van der Waals surface area (Å²) < 4.78 is 27.2. The SMILES string of the molecule is CCCNC(Cc1c(F)cccc1F)CC1CC1. The van der Waals surface area contributed by atoms with Crippen molar-refractivity contribution in [3.05, 3.63) is 35.4 Å². The Kier molecular flexibility index (Phi) is 4.70. The molecule has 1 saturated carbocycles. The van der Waals surface area contributed by atoms with E-state index in [4.69, 9.17) is 0 Å². The highest BCUT2D eigenvalue weighted by Gasteiger charge is 2.26. The molecule has 1 unspecified atom stereocenters. The van der Waals surface area contributed by atoms with E-state index in [2.05, 4.69) is 12.2 Å². The molecule has 18 heavy (non-hydrogen) atoms. The minimum atomic E-state index is -0.422. The average Bonchev–Trinajstić information content (AvgIpc) is 3.14. The van der Waals surface area contributed by atoms with Crippen molar-refractivity contribution in [1.29, 1.82) is 0 Å². The molecule has 1 nitrogen and oxygen atoms in total. The van der Waals surface area contributed by atoms with Gasteiger partial charge >= 0.3 is 0 Å². The first-order chi connectivity index (χ1) is 8.70. The van der Waals surface area contributed by atoms with Gasteiger partial charge in [-0.1, -0.05) is 25.8 Å². The van der Waals surface area contributed by atoms with Gasteiger partial charge in [0.1, 0.15) is 11.6 Å². The molecular formula is C15H21F2N. The lowest BCUT2D eigenvalue weighted by atomic mass is 10.00. The molecule has 2 rings (SSSR count). The van der Waals surface area contributed by atoms with E-state index in [1.165, 1.54) is 31.0 Å². The summed E-state index contributed by atoms with van der Waals surface area (Å²) in [7, 11) is 0. The zero-order valence-electron chi connectivity index (χ0n) is 10.9. The van der Waals surface area contributed by atoms with Gasteiger partial charge < -0.3 is 5.32 Å². The summed E-state index contributed by atoms with van der Waals surface area (Å²) in [6.45, 7) is 3.01. The smallest absolute Gasteiger partial charge is 0.129 e. The van der Waals surface area contributed by atoms with Crippen molar-refractivity contribution in [1.82, 2.24) is 5.32 Å². The fourth-order valence-corrected chi connectivity index (χ4v) is 2.32. The van der Waals surface area contributed by atoms with Crippen molar-refractivity contribution in [3.63, 3.8) is 0 Å². The van der Waals surface area contributed by atoms with Crippen LogP contribution in [0.1, 0.15) is 38.2 Å². The lowest BCUT2D eigenvalue weighted by molar-refractivity contribution is 0.437. The highest BCUT2D eigenvalue weighted by Crippen LogP contribution is 2.34. The standard InChI is InChI=1S/C15H21F2N/c1-2-8-18-12(9-11-6-7-11)10-13-14(16)4-3-5-15(13)17/h3-5,11-12,18H,2,6-10H2,1H3. The van der Waals surface area contributed by atoms with Gasteiger partial charge in [0.15, 0.2) is 0 Å². The third kappa shape index (κ3) is 3.77. The molecule has 0 spiro atoms. The molecule has 0 radical (unpaired) electrons. The summed E-state index contributed by atoms with van der Waals surface area (Å²) in [5.74, 6) is -0.0858. The van der Waals surface area contributed by atoms with Gasteiger partial charge in [-0.15, -0.1) is 0 Å². The molecule has 1 atom stereocenters. The number of hydrogen-bond donors (Lipinski definition) is 1. The molecule has 3 heteroatoms. The number of hydrogen-bond acceptors (Lipinski definition) is 1. The molecule has 1 aliphatic rings. The van der Waals surface area contributed by atoms with Gasteiger partial charge in [0.25, 0.3) is 0 Å². The highest BCUT2D eigenvalue weighted by atomic mass is 19.1. The lowest BCUT2D eigenvalue weighted by Crippen LogP contribution is -2.33. The van der Waals surface area contributed by atoms with Crippen molar-refractivity contribution in [2.75, 3.05) is 6.54 Å². The molecule has 1 aliphatic carbocycles. The monoisotopic (exact) mass is 253 g/mol. The summed E-state index contributed by atoms with van der Waals surface area (Å²) in [6, 6.07) is 4.30. The normalized spacial score (nSPS) is 16.8. The van der Waals surface area contributed by atoms with E-state index in [0.29, 0.717) is 6.42 Å². The van der Waals surface area contributed by atoms with Crippen molar-refractivity contribution in [2.45, 2.75) is 45.1 Å². The van der Waals surface area contributed by atoms with Gasteiger partial charge in [-0.25, -0.2) is 8.78 Å². The summed E-state index contributed by atoms with van der Waals surface area (Å²) in [5, 5.41) is 3.41. The van der Waals surface area contributed by atoms with Crippen molar-refractivity contribution in [3.8, 4) is 0 Å². The Hall–Kier alpha value is -0.960. The number of halogens is 2. The molecule has 1 fully saturated rings. The molecule has 0 aromatic heterocycles. The summed E-state index contributed by atoms with van der Waals surface area (Å²) >= 11 is 0. The zero-order chi connectivity index (χ0) is 13.0. The van der Waals surface area contributed by atoms with Crippen molar-refractivity contribution < 1.29 is 8.78 Å². The Balaban J connectivity index is 2.01. The molecule has 1 aromatic rings. The van der Waals surface area contributed by atoms with Gasteiger partial charge in [-0.3, -0.25) is 0 Å². The summed E-state index contributed by atoms with van der Waals surface area (Å²) in [5.41, 5.74) is 0.228. The molecule has 0 saturated heterocycles. The van der Waals surface area contributed by atoms with E-state index in [1.807, 2.05) is 0 Å². The fraction of sp³-hybridized carbons (Fsp3) is 0.600. The maximum absolute atomic E-state index is 13.6. The average molecular weight is 253 g/mol. The van der Waals surface area contributed by atoms with E-state index in [0.717, 1.165) is 25.3 Å². The molecule has 1 aromatic carbocycles. The first-order valence-electron chi connectivity index (χ1n) is 6.87. The Morgan fingerprint density at radius 2 is 1.94 bits per heavy atom. The number of nitrogens with one attached hydrogen (secondary N) is 1. The lowest BCUT2D eigenvalue weighted by Gasteiger charge is -2.19. The van der Waals surface area contributed by atoms with E-state index in [9.17, 15) is 8.78 Å². The topological polar surface area (TPSA) is 12.0 Å². The molecule has 0 bridgehead atoms. The van der Waals surface area contributed by atoms with Crippen LogP contribution in [0.25, 0.3) is 0 Å². The van der Waals surface area contributed by atoms with Crippen LogP contribution in [-0.4, -0.2) is 12.6 Å². The van der Waals surface area contributed by atoms with Crippen LogP contribution in [0.5, 0.6) is 0 Å². The van der Waals surface area contributed by atoms with Crippen molar-refractivity contribution >= 4 is 0 Å². The largest absolute Gasteiger partial charge is 0.314 e. The van der Waals surface area contributed by atoms with Gasteiger partial charge in [0, 0.05) is 11.6 Å². The van der Waals surface area contributed by atoms with Crippen LogP contribution in [-0.2, 0) is 6.42 Å². The maximum atomic E-state index is 13.6. The molecule has 0 heterocycles. The van der Waals surface area contributed by atoms with Gasteiger partial charge in [-0.05, 0) is 43.9 Å². The van der Waals surface area contributed by atoms with E-state index in [1.54, 1.807) is 0 Å². The van der Waals surface area contributed by atoms with Gasteiger partial charge in [-0.2, -0.15) is 0 Å². The second kappa shape index (κ2) is 6.28. The third-order valence-corrected chi connectivity index (χ3v) is 3.51. The van der Waals surface area contributed by atoms with E-state index < -0.39 is 11.6 Å². The number of rotatable bonds is 7. The Morgan fingerprint density at radius 3 is 2.50 bits per heavy atom. The van der Waals surface area contributed by atoms with Crippen LogP contribution < -0.4 is 5.32 Å². The molecule has 0 aliphatic heterocycles.